The largest absolute Gasteiger partial charge is 0.481 e. The van der Waals surface area contributed by atoms with Crippen LogP contribution in [0.3, 0.4) is 0 Å². The molecule has 0 saturated carbocycles. The van der Waals surface area contributed by atoms with Gasteiger partial charge in [0.2, 0.25) is 5.88 Å². The topological polar surface area (TPSA) is 121 Å². The summed E-state index contributed by atoms with van der Waals surface area (Å²) >= 11 is 0. The summed E-state index contributed by atoms with van der Waals surface area (Å²) in [5, 5.41) is 22.1. The van der Waals surface area contributed by atoms with Crippen molar-refractivity contribution in [2.24, 2.45) is 0 Å². The molecule has 0 fully saturated rings. The lowest BCUT2D eigenvalue weighted by molar-refractivity contribution is -0.139. The Kier molecular flexibility index (Phi) is 5.55. The Bertz CT molecular complexity index is 434. The number of nitrogens with zero attached hydrogens (tertiary/aromatic N) is 1. The number of rotatable bonds is 6. The second kappa shape index (κ2) is 7.17. The van der Waals surface area contributed by atoms with Gasteiger partial charge < -0.3 is 25.6 Å². The van der Waals surface area contributed by atoms with E-state index in [4.69, 9.17) is 14.9 Å². The molecule has 1 rings (SSSR count). The Balaban J connectivity index is 2.55. The summed E-state index contributed by atoms with van der Waals surface area (Å²) in [5.41, 5.74) is 0.395. The van der Waals surface area contributed by atoms with Crippen LogP contribution >= 0.6 is 0 Å². The Morgan fingerprint density at radius 1 is 1.47 bits per heavy atom. The van der Waals surface area contributed by atoms with E-state index in [1.165, 1.54) is 13.3 Å². The Morgan fingerprint density at radius 3 is 2.68 bits per heavy atom. The van der Waals surface area contributed by atoms with Gasteiger partial charge >= 0.3 is 12.0 Å². The van der Waals surface area contributed by atoms with Crippen molar-refractivity contribution in [1.82, 2.24) is 10.3 Å². The highest BCUT2D eigenvalue weighted by molar-refractivity contribution is 5.92. The van der Waals surface area contributed by atoms with Crippen LogP contribution in [0.15, 0.2) is 18.3 Å². The maximum atomic E-state index is 11.5. The fourth-order valence-electron chi connectivity index (χ4n) is 1.29. The number of aliphatic hydroxyl groups excluding tert-OH is 1. The minimum absolute atomic E-state index is 0.0659. The van der Waals surface area contributed by atoms with E-state index in [2.05, 4.69) is 15.6 Å². The molecular weight excluding hydrogens is 254 g/mol. The van der Waals surface area contributed by atoms with Crippen molar-refractivity contribution in [2.45, 2.75) is 12.5 Å². The second-order valence-corrected chi connectivity index (χ2v) is 3.59. The highest BCUT2D eigenvalue weighted by Gasteiger charge is 2.19. The van der Waals surface area contributed by atoms with Gasteiger partial charge in [0.1, 0.15) is 6.04 Å². The molecule has 2 amide bonds. The summed E-state index contributed by atoms with van der Waals surface area (Å²) in [7, 11) is 1.47. The van der Waals surface area contributed by atoms with Crippen LogP contribution in [0.4, 0.5) is 10.5 Å². The second-order valence-electron chi connectivity index (χ2n) is 3.59. The van der Waals surface area contributed by atoms with Crippen molar-refractivity contribution in [2.75, 3.05) is 19.0 Å². The molecule has 1 atom stereocenters. The number of aromatic nitrogens is 1. The third-order valence-electron chi connectivity index (χ3n) is 2.22. The summed E-state index contributed by atoms with van der Waals surface area (Å²) in [4.78, 5) is 26.2. The van der Waals surface area contributed by atoms with Gasteiger partial charge in [0.25, 0.3) is 0 Å². The smallest absolute Gasteiger partial charge is 0.326 e. The monoisotopic (exact) mass is 269 g/mol. The lowest BCUT2D eigenvalue weighted by Gasteiger charge is -2.13. The summed E-state index contributed by atoms with van der Waals surface area (Å²) in [5.74, 6) is -0.813. The standard InChI is InChI=1S/C11H15N3O5/c1-19-9-3-2-7(6-12-9)13-11(18)14-8(4-5-15)10(16)17/h2-3,6,8,15H,4-5H2,1H3,(H,16,17)(H2,13,14,18). The van der Waals surface area contributed by atoms with E-state index in [1.807, 2.05) is 0 Å². The van der Waals surface area contributed by atoms with E-state index in [0.717, 1.165) is 0 Å². The first-order valence-corrected chi connectivity index (χ1v) is 5.48. The minimum atomic E-state index is -1.21. The molecule has 0 aliphatic rings. The van der Waals surface area contributed by atoms with Gasteiger partial charge in [-0.2, -0.15) is 0 Å². The number of aliphatic carboxylic acids is 1. The van der Waals surface area contributed by atoms with E-state index in [-0.39, 0.29) is 13.0 Å². The molecule has 0 aliphatic carbocycles. The van der Waals surface area contributed by atoms with Gasteiger partial charge in [-0.1, -0.05) is 0 Å². The SMILES string of the molecule is COc1ccc(NC(=O)NC(CCO)C(=O)O)cn1. The number of carbonyl (C=O) groups is 2. The molecule has 0 saturated heterocycles. The highest BCUT2D eigenvalue weighted by Crippen LogP contribution is 2.10. The van der Waals surface area contributed by atoms with Crippen LogP contribution in [-0.4, -0.2) is 47.0 Å². The minimum Gasteiger partial charge on any atom is -0.481 e. The zero-order chi connectivity index (χ0) is 14.3. The van der Waals surface area contributed by atoms with Crippen LogP contribution in [0.5, 0.6) is 5.88 Å². The van der Waals surface area contributed by atoms with E-state index < -0.39 is 18.0 Å². The first-order valence-electron chi connectivity index (χ1n) is 5.48. The molecule has 0 bridgehead atoms. The molecule has 0 spiro atoms. The number of anilines is 1. The molecule has 1 heterocycles. The molecule has 19 heavy (non-hydrogen) atoms. The highest BCUT2D eigenvalue weighted by atomic mass is 16.5. The number of carbonyl (C=O) groups excluding carboxylic acids is 1. The Hall–Kier alpha value is -2.35. The Morgan fingerprint density at radius 2 is 2.21 bits per heavy atom. The molecule has 1 aromatic rings. The van der Waals surface area contributed by atoms with Crippen molar-refractivity contribution in [3.05, 3.63) is 18.3 Å². The third kappa shape index (κ3) is 4.80. The van der Waals surface area contributed by atoms with Gasteiger partial charge in [0, 0.05) is 19.1 Å². The van der Waals surface area contributed by atoms with Gasteiger partial charge in [0.15, 0.2) is 0 Å². The van der Waals surface area contributed by atoms with Crippen molar-refractivity contribution in [1.29, 1.82) is 0 Å². The Labute approximate surface area is 109 Å². The first kappa shape index (κ1) is 14.7. The molecule has 104 valence electrons. The first-order chi connectivity index (χ1) is 9.06. The molecule has 4 N–H and O–H groups in total. The van der Waals surface area contributed by atoms with Crippen LogP contribution < -0.4 is 15.4 Å². The lowest BCUT2D eigenvalue weighted by Crippen LogP contribution is -2.43. The summed E-state index contributed by atoms with van der Waals surface area (Å²) in [6, 6.07) is 1.29. The van der Waals surface area contributed by atoms with Gasteiger partial charge in [-0.3, -0.25) is 0 Å². The predicted molar refractivity (Wildman–Crippen MR) is 66.1 cm³/mol. The number of carboxylic acid groups (broad SMARTS) is 1. The number of pyridine rings is 1. The predicted octanol–water partition coefficient (Wildman–Crippen LogP) is 0.0473. The van der Waals surface area contributed by atoms with E-state index in [9.17, 15) is 9.59 Å². The van der Waals surface area contributed by atoms with Crippen molar-refractivity contribution in [3.63, 3.8) is 0 Å². The fraction of sp³-hybridized carbons (Fsp3) is 0.364. The maximum Gasteiger partial charge on any atom is 0.326 e. The maximum absolute atomic E-state index is 11.5. The van der Waals surface area contributed by atoms with Crippen molar-refractivity contribution >= 4 is 17.7 Å². The van der Waals surface area contributed by atoms with Gasteiger partial charge in [-0.25, -0.2) is 14.6 Å². The molecule has 8 heteroatoms. The third-order valence-corrected chi connectivity index (χ3v) is 2.22. The molecule has 0 aromatic carbocycles. The van der Waals surface area contributed by atoms with Crippen LogP contribution in [-0.2, 0) is 4.79 Å². The molecule has 8 nitrogen and oxygen atoms in total. The normalized spacial score (nSPS) is 11.5. The molecule has 0 radical (unpaired) electrons. The number of aliphatic hydroxyl groups is 1. The van der Waals surface area contributed by atoms with Crippen LogP contribution in [0, 0.1) is 0 Å². The number of hydrogen-bond donors (Lipinski definition) is 4. The number of hydrogen-bond acceptors (Lipinski definition) is 5. The van der Waals surface area contributed by atoms with Crippen molar-refractivity contribution in [3.8, 4) is 5.88 Å². The average Bonchev–Trinajstić information content (AvgIpc) is 2.39. The average molecular weight is 269 g/mol. The number of amides is 2. The van der Waals surface area contributed by atoms with Gasteiger partial charge in [-0.05, 0) is 6.07 Å². The number of urea groups is 1. The molecule has 0 aliphatic heterocycles. The number of carboxylic acids is 1. The van der Waals surface area contributed by atoms with Crippen LogP contribution in [0.2, 0.25) is 0 Å². The molecular formula is C11H15N3O5. The summed E-state index contributed by atoms with van der Waals surface area (Å²) in [6.45, 7) is -0.332. The lowest BCUT2D eigenvalue weighted by atomic mass is 10.2. The van der Waals surface area contributed by atoms with E-state index in [0.29, 0.717) is 11.6 Å². The van der Waals surface area contributed by atoms with Gasteiger partial charge in [-0.15, -0.1) is 0 Å². The zero-order valence-electron chi connectivity index (χ0n) is 10.3. The van der Waals surface area contributed by atoms with Crippen molar-refractivity contribution < 1.29 is 24.5 Å². The van der Waals surface area contributed by atoms with Crippen LogP contribution in [0.25, 0.3) is 0 Å². The quantitative estimate of drug-likeness (QED) is 0.579. The van der Waals surface area contributed by atoms with E-state index in [1.54, 1.807) is 12.1 Å². The van der Waals surface area contributed by atoms with E-state index >= 15 is 0 Å². The summed E-state index contributed by atoms with van der Waals surface area (Å²) in [6.07, 6.45) is 1.31. The number of methoxy groups -OCH3 is 1. The number of nitrogens with one attached hydrogen (secondary N) is 2. The molecule has 1 aromatic heterocycles. The fourth-order valence-corrected chi connectivity index (χ4v) is 1.29. The molecule has 1 unspecified atom stereocenters. The van der Waals surface area contributed by atoms with Gasteiger partial charge in [0.05, 0.1) is 19.0 Å². The number of ether oxygens (including phenoxy) is 1. The summed E-state index contributed by atoms with van der Waals surface area (Å²) < 4.78 is 4.86. The zero-order valence-corrected chi connectivity index (χ0v) is 10.3. The van der Waals surface area contributed by atoms with Crippen LogP contribution in [0.1, 0.15) is 6.42 Å².